The van der Waals surface area contributed by atoms with Gasteiger partial charge in [-0.05, 0) is 13.3 Å². The first-order valence-electron chi connectivity index (χ1n) is 6.33. The van der Waals surface area contributed by atoms with Crippen LogP contribution >= 0.6 is 11.8 Å². The van der Waals surface area contributed by atoms with Crippen molar-refractivity contribution in [1.82, 2.24) is 14.9 Å². The van der Waals surface area contributed by atoms with Gasteiger partial charge in [0.25, 0.3) is 5.56 Å². The molecule has 1 aromatic rings. The molecule has 0 saturated heterocycles. The van der Waals surface area contributed by atoms with E-state index in [1.54, 1.807) is 14.1 Å². The second kappa shape index (κ2) is 7.23. The summed E-state index contributed by atoms with van der Waals surface area (Å²) in [5, 5.41) is -0.582. The van der Waals surface area contributed by atoms with Crippen LogP contribution in [0.1, 0.15) is 26.0 Å². The van der Waals surface area contributed by atoms with E-state index in [0.29, 0.717) is 17.3 Å². The van der Waals surface area contributed by atoms with E-state index < -0.39 is 5.25 Å². The molecule has 0 aliphatic heterocycles. The van der Waals surface area contributed by atoms with Crippen LogP contribution < -0.4 is 5.56 Å². The molecule has 1 atom stereocenters. The van der Waals surface area contributed by atoms with E-state index >= 15 is 0 Å². The van der Waals surface area contributed by atoms with Gasteiger partial charge in [-0.3, -0.25) is 14.4 Å². The highest BCUT2D eigenvalue weighted by Gasteiger charge is 2.27. The van der Waals surface area contributed by atoms with Gasteiger partial charge in [0.05, 0.1) is 0 Å². The van der Waals surface area contributed by atoms with Gasteiger partial charge in [-0.25, -0.2) is 4.98 Å². The molecule has 0 bridgehead atoms. The first kappa shape index (κ1) is 16.4. The molecular formula is C13H19N3O3S. The fraction of sp³-hybridized carbons (Fsp3) is 0.538. The van der Waals surface area contributed by atoms with Crippen LogP contribution in [0.3, 0.4) is 0 Å². The molecular weight excluding hydrogens is 278 g/mol. The predicted octanol–water partition coefficient (Wildman–Crippen LogP) is 0.860. The van der Waals surface area contributed by atoms with Crippen molar-refractivity contribution in [2.75, 3.05) is 14.1 Å². The number of hydrogen-bond acceptors (Lipinski definition) is 5. The molecule has 0 fully saturated rings. The van der Waals surface area contributed by atoms with E-state index in [0.717, 1.165) is 18.2 Å². The van der Waals surface area contributed by atoms with Crippen LogP contribution in [-0.2, 0) is 16.0 Å². The van der Waals surface area contributed by atoms with Crippen molar-refractivity contribution in [2.24, 2.45) is 0 Å². The lowest BCUT2D eigenvalue weighted by atomic mass is 10.2. The number of H-pyrrole nitrogens is 1. The number of rotatable bonds is 6. The Morgan fingerprint density at radius 1 is 1.45 bits per heavy atom. The summed E-state index contributed by atoms with van der Waals surface area (Å²) in [6.07, 6.45) is 1.55. The van der Waals surface area contributed by atoms with Crippen LogP contribution in [0.5, 0.6) is 0 Å². The molecule has 20 heavy (non-hydrogen) atoms. The largest absolute Gasteiger partial charge is 0.347 e. The van der Waals surface area contributed by atoms with Gasteiger partial charge >= 0.3 is 0 Å². The maximum Gasteiger partial charge on any atom is 0.251 e. The summed E-state index contributed by atoms with van der Waals surface area (Å²) in [5.74, 6) is -0.580. The Morgan fingerprint density at radius 2 is 2.10 bits per heavy atom. The van der Waals surface area contributed by atoms with E-state index in [9.17, 15) is 14.4 Å². The summed E-state index contributed by atoms with van der Waals surface area (Å²) in [7, 11) is 3.17. The minimum atomic E-state index is -0.884. The van der Waals surface area contributed by atoms with E-state index in [4.69, 9.17) is 0 Å². The van der Waals surface area contributed by atoms with Gasteiger partial charge in [0.1, 0.15) is 5.25 Å². The van der Waals surface area contributed by atoms with E-state index in [-0.39, 0.29) is 17.2 Å². The standard InChI is InChI=1S/C13H19N3O3S/c1-5-6-9-7-10(18)15-13(14-9)20-11(8(2)17)12(19)16(3)4/h7,11H,5-6H2,1-4H3,(H,14,15,18)/t11-/m0/s1. The summed E-state index contributed by atoms with van der Waals surface area (Å²) >= 11 is 0.980. The van der Waals surface area contributed by atoms with Gasteiger partial charge in [0, 0.05) is 25.9 Å². The molecule has 7 heteroatoms. The molecule has 1 rings (SSSR count). The number of Topliss-reactive ketones (excluding diaryl/α,β-unsaturated/α-hetero) is 1. The Hall–Kier alpha value is -1.63. The van der Waals surface area contributed by atoms with Crippen LogP contribution in [0.15, 0.2) is 16.0 Å². The quantitative estimate of drug-likeness (QED) is 0.478. The maximum atomic E-state index is 11.9. The van der Waals surface area contributed by atoms with Crippen LogP contribution in [0.2, 0.25) is 0 Å². The van der Waals surface area contributed by atoms with Crippen molar-refractivity contribution >= 4 is 23.5 Å². The smallest absolute Gasteiger partial charge is 0.251 e. The van der Waals surface area contributed by atoms with Crippen molar-refractivity contribution in [2.45, 2.75) is 37.1 Å². The highest BCUT2D eigenvalue weighted by atomic mass is 32.2. The normalized spacial score (nSPS) is 12.0. The fourth-order valence-corrected chi connectivity index (χ4v) is 2.61. The van der Waals surface area contributed by atoms with Crippen LogP contribution in [0.4, 0.5) is 0 Å². The van der Waals surface area contributed by atoms with Gasteiger partial charge in [-0.2, -0.15) is 0 Å². The molecule has 1 heterocycles. The number of aromatic amines is 1. The molecule has 0 aliphatic carbocycles. The summed E-state index contributed by atoms with van der Waals surface area (Å²) in [5.41, 5.74) is 0.393. The average Bonchev–Trinajstić information content (AvgIpc) is 2.34. The summed E-state index contributed by atoms with van der Waals surface area (Å²) in [6, 6.07) is 1.43. The van der Waals surface area contributed by atoms with Crippen molar-refractivity contribution < 1.29 is 9.59 Å². The van der Waals surface area contributed by atoms with Gasteiger partial charge < -0.3 is 9.88 Å². The predicted molar refractivity (Wildman–Crippen MR) is 77.9 cm³/mol. The van der Waals surface area contributed by atoms with Gasteiger partial charge in [-0.1, -0.05) is 25.1 Å². The molecule has 0 spiro atoms. The van der Waals surface area contributed by atoms with Gasteiger partial charge in [0.15, 0.2) is 10.9 Å². The third-order valence-corrected chi connectivity index (χ3v) is 3.73. The summed E-state index contributed by atoms with van der Waals surface area (Å²) in [4.78, 5) is 43.3. The molecule has 1 amide bonds. The molecule has 6 nitrogen and oxygen atoms in total. The number of carbonyl (C=O) groups is 2. The second-order valence-corrected chi connectivity index (χ2v) is 5.73. The van der Waals surface area contributed by atoms with Crippen molar-refractivity contribution in [1.29, 1.82) is 0 Å². The van der Waals surface area contributed by atoms with Crippen LogP contribution in [0.25, 0.3) is 0 Å². The minimum absolute atomic E-state index is 0.266. The van der Waals surface area contributed by atoms with Crippen molar-refractivity contribution in [3.63, 3.8) is 0 Å². The highest BCUT2D eigenvalue weighted by Crippen LogP contribution is 2.21. The molecule has 0 aromatic carbocycles. The molecule has 0 aliphatic rings. The zero-order chi connectivity index (χ0) is 15.3. The molecule has 1 aromatic heterocycles. The van der Waals surface area contributed by atoms with Crippen LogP contribution in [-0.4, -0.2) is 45.9 Å². The average molecular weight is 297 g/mol. The molecule has 1 N–H and O–H groups in total. The molecule has 0 saturated carbocycles. The zero-order valence-corrected chi connectivity index (χ0v) is 12.9. The number of thioether (sulfide) groups is 1. The van der Waals surface area contributed by atoms with Crippen molar-refractivity contribution in [3.05, 3.63) is 22.1 Å². The first-order valence-corrected chi connectivity index (χ1v) is 7.21. The number of aryl methyl sites for hydroxylation is 1. The molecule has 0 unspecified atom stereocenters. The number of nitrogens with zero attached hydrogens (tertiary/aromatic N) is 2. The fourth-order valence-electron chi connectivity index (χ4n) is 1.58. The lowest BCUT2D eigenvalue weighted by molar-refractivity contribution is -0.132. The van der Waals surface area contributed by atoms with Crippen molar-refractivity contribution in [3.8, 4) is 0 Å². The summed E-state index contributed by atoms with van der Waals surface area (Å²) in [6.45, 7) is 3.34. The minimum Gasteiger partial charge on any atom is -0.347 e. The number of nitrogens with one attached hydrogen (secondary N) is 1. The van der Waals surface area contributed by atoms with Crippen LogP contribution in [0, 0.1) is 0 Å². The molecule has 0 radical (unpaired) electrons. The molecule has 110 valence electrons. The third kappa shape index (κ3) is 4.48. The van der Waals surface area contributed by atoms with E-state index in [2.05, 4.69) is 9.97 Å². The Labute approximate surface area is 122 Å². The monoisotopic (exact) mass is 297 g/mol. The van der Waals surface area contributed by atoms with Gasteiger partial charge in [-0.15, -0.1) is 0 Å². The SMILES string of the molecule is CCCc1cc(=O)[nH]c(S[C@@H](C(C)=O)C(=O)N(C)C)n1. The van der Waals surface area contributed by atoms with Gasteiger partial charge in [0.2, 0.25) is 5.91 Å². The Balaban J connectivity index is 3.02. The number of carbonyl (C=O) groups excluding carboxylic acids is 2. The maximum absolute atomic E-state index is 11.9. The Morgan fingerprint density at radius 3 is 2.60 bits per heavy atom. The topological polar surface area (TPSA) is 83.1 Å². The number of ketones is 1. The number of aromatic nitrogens is 2. The van der Waals surface area contributed by atoms with E-state index in [1.807, 2.05) is 6.92 Å². The highest BCUT2D eigenvalue weighted by molar-refractivity contribution is 8.01. The lowest BCUT2D eigenvalue weighted by Gasteiger charge is -2.17. The second-order valence-electron chi connectivity index (χ2n) is 4.63. The van der Waals surface area contributed by atoms with E-state index in [1.165, 1.54) is 17.9 Å². The summed E-state index contributed by atoms with van der Waals surface area (Å²) < 4.78 is 0. The first-order chi connectivity index (χ1) is 9.35. The Kier molecular flexibility index (Phi) is 5.94. The Bertz CT molecular complexity index is 554. The lowest BCUT2D eigenvalue weighted by Crippen LogP contribution is -2.36. The number of hydrogen-bond donors (Lipinski definition) is 1. The third-order valence-electron chi connectivity index (χ3n) is 2.54. The zero-order valence-electron chi connectivity index (χ0n) is 12.1. The number of amides is 1.